The zero-order chi connectivity index (χ0) is 42.1. The van der Waals surface area contributed by atoms with E-state index < -0.39 is 54.4 Å². The van der Waals surface area contributed by atoms with Crippen LogP contribution in [0.2, 0.25) is 0 Å². The summed E-state index contributed by atoms with van der Waals surface area (Å²) in [5.41, 5.74) is 4.45. The van der Waals surface area contributed by atoms with Gasteiger partial charge in [-0.1, -0.05) is 158 Å². The molecule has 9 rings (SSSR count). The van der Waals surface area contributed by atoms with Crippen molar-refractivity contribution in [1.82, 2.24) is 15.0 Å². The van der Waals surface area contributed by atoms with Gasteiger partial charge in [0.1, 0.15) is 0 Å². The van der Waals surface area contributed by atoms with E-state index in [4.69, 9.17) is 27.3 Å². The minimum absolute atomic E-state index is 0.00165. The Morgan fingerprint density at radius 3 is 1.43 bits per heavy atom. The molecule has 2 aromatic heterocycles. The highest BCUT2D eigenvalue weighted by molar-refractivity contribution is 7.26. The molecular formula is C45H29N3S. The third kappa shape index (κ3) is 5.58. The molecule has 0 aliphatic heterocycles. The standard InChI is InChI=1S/C45H29N3S/c1-4-12-30(13-5-1)32-20-24-35(25-21-32)43-46-44(36-26-22-33(23-27-36)31-14-6-2-7-15-31)48-45(47-43)37-28-39(34-16-8-3-9-17-34)42-38-18-10-11-19-40(38)49-41(42)29-37/h1-29H/i3D,8D,9D,10D,11D,16D,17D,18D,19D,28D,29D. The van der Waals surface area contributed by atoms with Gasteiger partial charge in [0.05, 0.1) is 15.1 Å². The normalized spacial score (nSPS) is 14.4. The van der Waals surface area contributed by atoms with Crippen LogP contribution < -0.4 is 0 Å². The highest BCUT2D eigenvalue weighted by Crippen LogP contribution is 2.42. The third-order valence-electron chi connectivity index (χ3n) is 8.18. The average Bonchev–Trinajstić information content (AvgIpc) is 3.69. The summed E-state index contributed by atoms with van der Waals surface area (Å²) in [7, 11) is 0. The molecule has 0 radical (unpaired) electrons. The maximum atomic E-state index is 9.82. The van der Waals surface area contributed by atoms with Gasteiger partial charge in [-0.05, 0) is 51.5 Å². The van der Waals surface area contributed by atoms with Crippen molar-refractivity contribution in [1.29, 1.82) is 0 Å². The molecule has 9 aromatic rings. The van der Waals surface area contributed by atoms with Crippen molar-refractivity contribution in [3.63, 3.8) is 0 Å². The average molecular weight is 655 g/mol. The topological polar surface area (TPSA) is 38.7 Å². The summed E-state index contributed by atoms with van der Waals surface area (Å²) >= 11 is 0.896. The number of hydrogen-bond acceptors (Lipinski definition) is 4. The Balaban J connectivity index is 1.36. The molecule has 4 heteroatoms. The van der Waals surface area contributed by atoms with Gasteiger partial charge in [-0.25, -0.2) is 15.0 Å². The summed E-state index contributed by atoms with van der Waals surface area (Å²) < 4.78 is 97.5. The fraction of sp³-hybridized carbons (Fsp3) is 0. The van der Waals surface area contributed by atoms with Crippen LogP contribution in [0.5, 0.6) is 0 Å². The van der Waals surface area contributed by atoms with Crippen molar-refractivity contribution in [2.75, 3.05) is 0 Å². The Hall–Kier alpha value is -6.23. The van der Waals surface area contributed by atoms with E-state index in [1.807, 2.05) is 109 Å². The number of hydrogen-bond donors (Lipinski definition) is 0. The van der Waals surface area contributed by atoms with Crippen molar-refractivity contribution in [2.24, 2.45) is 0 Å². The zero-order valence-corrected chi connectivity index (χ0v) is 26.5. The van der Waals surface area contributed by atoms with E-state index >= 15 is 0 Å². The Bertz CT molecular complexity index is 3060. The van der Waals surface area contributed by atoms with Crippen LogP contribution in [0.4, 0.5) is 0 Å². The van der Waals surface area contributed by atoms with Crippen molar-refractivity contribution in [2.45, 2.75) is 0 Å². The first kappa shape index (κ1) is 19.6. The molecule has 49 heavy (non-hydrogen) atoms. The molecule has 7 aromatic carbocycles. The fourth-order valence-electron chi connectivity index (χ4n) is 5.78. The minimum atomic E-state index is -0.654. The Morgan fingerprint density at radius 1 is 0.388 bits per heavy atom. The van der Waals surface area contributed by atoms with E-state index in [9.17, 15) is 2.74 Å². The summed E-state index contributed by atoms with van der Waals surface area (Å²) in [5.74, 6) is 0.346. The molecule has 0 saturated heterocycles. The molecule has 0 unspecified atom stereocenters. The Morgan fingerprint density at radius 2 is 0.857 bits per heavy atom. The van der Waals surface area contributed by atoms with Crippen molar-refractivity contribution in [3.05, 3.63) is 176 Å². The summed E-state index contributed by atoms with van der Waals surface area (Å²) in [6, 6.07) is 29.1. The van der Waals surface area contributed by atoms with E-state index in [2.05, 4.69) is 0 Å². The van der Waals surface area contributed by atoms with Crippen LogP contribution >= 0.6 is 11.3 Å². The van der Waals surface area contributed by atoms with E-state index in [-0.39, 0.29) is 66.4 Å². The van der Waals surface area contributed by atoms with Crippen LogP contribution in [0.25, 0.3) is 87.7 Å². The summed E-state index contributed by atoms with van der Waals surface area (Å²) in [5, 5.41) is -0.0211. The molecule has 230 valence electrons. The number of thiophene rings is 1. The summed E-state index contributed by atoms with van der Waals surface area (Å²) in [6.07, 6.45) is 0. The first-order valence-electron chi connectivity index (χ1n) is 21.0. The molecule has 0 aliphatic carbocycles. The lowest BCUT2D eigenvalue weighted by atomic mass is 9.97. The van der Waals surface area contributed by atoms with Crippen LogP contribution in [0.3, 0.4) is 0 Å². The number of benzene rings is 7. The van der Waals surface area contributed by atoms with Crippen molar-refractivity contribution in [3.8, 4) is 67.5 Å². The number of nitrogens with zero attached hydrogens (tertiary/aromatic N) is 3. The molecule has 0 saturated carbocycles. The smallest absolute Gasteiger partial charge is 0.164 e. The molecule has 0 amide bonds. The van der Waals surface area contributed by atoms with Crippen molar-refractivity contribution < 1.29 is 15.1 Å². The maximum absolute atomic E-state index is 9.82. The number of fused-ring (bicyclic) bond motifs is 3. The van der Waals surface area contributed by atoms with Gasteiger partial charge in [-0.2, -0.15) is 0 Å². The molecule has 0 atom stereocenters. The maximum Gasteiger partial charge on any atom is 0.164 e. The van der Waals surface area contributed by atoms with E-state index in [0.717, 1.165) is 33.6 Å². The van der Waals surface area contributed by atoms with E-state index in [1.165, 1.54) is 0 Å². The highest BCUT2D eigenvalue weighted by atomic mass is 32.1. The van der Waals surface area contributed by atoms with Gasteiger partial charge in [0.15, 0.2) is 17.5 Å². The van der Waals surface area contributed by atoms with Gasteiger partial charge in [-0.3, -0.25) is 0 Å². The predicted octanol–water partition coefficient (Wildman–Crippen LogP) is 12.2. The molecular weight excluding hydrogens is 615 g/mol. The lowest BCUT2D eigenvalue weighted by Crippen LogP contribution is -2.00. The second-order valence-electron chi connectivity index (χ2n) is 11.2. The monoisotopic (exact) mass is 654 g/mol. The number of aromatic nitrogens is 3. The minimum Gasteiger partial charge on any atom is -0.208 e. The van der Waals surface area contributed by atoms with Crippen LogP contribution in [-0.4, -0.2) is 15.0 Å². The van der Waals surface area contributed by atoms with Gasteiger partial charge < -0.3 is 0 Å². The zero-order valence-electron chi connectivity index (χ0n) is 36.6. The van der Waals surface area contributed by atoms with E-state index in [1.54, 1.807) is 0 Å². The first-order chi connectivity index (χ1) is 28.8. The largest absolute Gasteiger partial charge is 0.208 e. The SMILES string of the molecule is [2H]c1c([2H])c([2H])c(-c2c([2H])c(-c3nc(-c4ccc(-c5ccccc5)cc4)nc(-c4ccc(-c5ccccc5)cc4)n3)c([2H])c3sc4c([2H])c([2H])c([2H])c([2H])c4c23)c([2H])c1[2H]. The Kier molecular flexibility index (Phi) is 4.96. The van der Waals surface area contributed by atoms with Gasteiger partial charge in [0.2, 0.25) is 0 Å². The molecule has 0 fully saturated rings. The second-order valence-corrected chi connectivity index (χ2v) is 12.2. The quantitative estimate of drug-likeness (QED) is 0.179. The van der Waals surface area contributed by atoms with Gasteiger partial charge >= 0.3 is 0 Å². The molecule has 0 aliphatic rings. The first-order valence-corrected chi connectivity index (χ1v) is 16.3. The van der Waals surface area contributed by atoms with Gasteiger partial charge in [0.25, 0.3) is 0 Å². The van der Waals surface area contributed by atoms with Gasteiger partial charge in [0, 0.05) is 36.9 Å². The van der Waals surface area contributed by atoms with Gasteiger partial charge in [-0.15, -0.1) is 11.3 Å². The lowest BCUT2D eigenvalue weighted by molar-refractivity contribution is 1.07. The molecule has 0 N–H and O–H groups in total. The molecule has 0 spiro atoms. The van der Waals surface area contributed by atoms with E-state index in [0.29, 0.717) is 11.1 Å². The van der Waals surface area contributed by atoms with Crippen molar-refractivity contribution >= 4 is 31.5 Å². The van der Waals surface area contributed by atoms with Crippen LogP contribution in [0, 0.1) is 0 Å². The lowest BCUT2D eigenvalue weighted by Gasteiger charge is -2.12. The third-order valence-corrected chi connectivity index (χ3v) is 9.20. The van der Waals surface area contributed by atoms with Crippen LogP contribution in [0.1, 0.15) is 15.1 Å². The van der Waals surface area contributed by atoms with Crippen LogP contribution in [-0.2, 0) is 0 Å². The predicted molar refractivity (Wildman–Crippen MR) is 205 cm³/mol. The summed E-state index contributed by atoms with van der Waals surface area (Å²) in [6.45, 7) is 0. The second kappa shape index (κ2) is 12.4. The summed E-state index contributed by atoms with van der Waals surface area (Å²) in [4.78, 5) is 14.6. The van der Waals surface area contributed by atoms with Crippen LogP contribution in [0.15, 0.2) is 176 Å². The molecule has 3 nitrogen and oxygen atoms in total. The number of rotatable bonds is 6. The molecule has 0 bridgehead atoms. The fourth-order valence-corrected chi connectivity index (χ4v) is 6.80. The molecule has 2 heterocycles. The highest BCUT2D eigenvalue weighted by Gasteiger charge is 2.18. The Labute approximate surface area is 304 Å².